The topological polar surface area (TPSA) is 97.0 Å². The Kier molecular flexibility index (Phi) is 7.30. The Morgan fingerprint density at radius 3 is 2.24 bits per heavy atom. The fourth-order valence-corrected chi connectivity index (χ4v) is 7.50. The fourth-order valence-electron chi connectivity index (χ4n) is 7.50. The van der Waals surface area contributed by atoms with Crippen molar-refractivity contribution < 1.29 is 23.9 Å². The second-order valence-corrected chi connectivity index (χ2v) is 11.4. The third kappa shape index (κ3) is 5.00. The van der Waals surface area contributed by atoms with Gasteiger partial charge in [-0.2, -0.15) is 0 Å². The zero-order chi connectivity index (χ0) is 26.2. The normalized spacial score (nSPS) is 30.4. The van der Waals surface area contributed by atoms with Crippen LogP contribution < -0.4 is 10.6 Å². The molecule has 0 aromatic heterocycles. The minimum Gasteiger partial charge on any atom is -0.460 e. The van der Waals surface area contributed by atoms with Gasteiger partial charge in [-0.25, -0.2) is 9.59 Å². The number of hydrogen-bond acceptors (Lipinski definition) is 5. The summed E-state index contributed by atoms with van der Waals surface area (Å²) in [5.74, 6) is 1.80. The van der Waals surface area contributed by atoms with Gasteiger partial charge >= 0.3 is 12.0 Å². The largest absolute Gasteiger partial charge is 0.460 e. The summed E-state index contributed by atoms with van der Waals surface area (Å²) in [5.41, 5.74) is 2.29. The van der Waals surface area contributed by atoms with Crippen LogP contribution in [-0.4, -0.2) is 49.7 Å². The van der Waals surface area contributed by atoms with Crippen LogP contribution in [0.25, 0.3) is 0 Å². The van der Waals surface area contributed by atoms with Gasteiger partial charge in [-0.15, -0.1) is 0 Å². The van der Waals surface area contributed by atoms with E-state index in [1.165, 1.54) is 19.3 Å². The van der Waals surface area contributed by atoms with Crippen LogP contribution in [0.5, 0.6) is 0 Å². The minimum atomic E-state index is -0.636. The Bertz CT molecular complexity index is 1040. The van der Waals surface area contributed by atoms with Crippen LogP contribution in [-0.2, 0) is 19.1 Å². The molecule has 4 bridgehead atoms. The fraction of sp³-hybridized carbons (Fsp3) is 0.621. The summed E-state index contributed by atoms with van der Waals surface area (Å²) in [6.07, 6.45) is 7.71. The number of carbonyl (C=O) groups is 3. The van der Waals surface area contributed by atoms with E-state index in [-0.39, 0.29) is 24.0 Å². The maximum Gasteiger partial charge on any atom is 0.338 e. The molecule has 1 aliphatic heterocycles. The van der Waals surface area contributed by atoms with Crippen LogP contribution in [0.2, 0.25) is 0 Å². The molecule has 8 heteroatoms. The first-order valence-corrected chi connectivity index (χ1v) is 13.7. The van der Waals surface area contributed by atoms with Crippen LogP contribution >= 0.6 is 0 Å². The van der Waals surface area contributed by atoms with Crippen molar-refractivity contribution in [1.29, 1.82) is 0 Å². The second kappa shape index (κ2) is 10.5. The molecule has 4 saturated carbocycles. The maximum atomic E-state index is 13.5. The van der Waals surface area contributed by atoms with Gasteiger partial charge in [0.15, 0.2) is 0 Å². The van der Waals surface area contributed by atoms with Crippen molar-refractivity contribution in [3.63, 3.8) is 0 Å². The number of nitrogens with one attached hydrogen (secondary N) is 2. The Morgan fingerprint density at radius 1 is 1.05 bits per heavy atom. The van der Waals surface area contributed by atoms with Gasteiger partial charge in [0.25, 0.3) is 0 Å². The van der Waals surface area contributed by atoms with Crippen LogP contribution in [0.1, 0.15) is 70.4 Å². The number of hydrogen-bond donors (Lipinski definition) is 2. The molecular weight excluding hydrogens is 470 g/mol. The molecule has 1 aromatic carbocycles. The second-order valence-electron chi connectivity index (χ2n) is 11.4. The van der Waals surface area contributed by atoms with E-state index in [0.717, 1.165) is 36.9 Å². The zero-order valence-electron chi connectivity index (χ0n) is 22.2. The summed E-state index contributed by atoms with van der Waals surface area (Å²) in [7, 11) is 1.55. The van der Waals surface area contributed by atoms with Gasteiger partial charge in [0.2, 0.25) is 5.91 Å². The molecule has 0 saturated heterocycles. The molecule has 37 heavy (non-hydrogen) atoms. The van der Waals surface area contributed by atoms with E-state index in [0.29, 0.717) is 42.2 Å². The highest BCUT2D eigenvalue weighted by atomic mass is 16.6. The molecule has 6 rings (SSSR count). The van der Waals surface area contributed by atoms with Gasteiger partial charge in [-0.1, -0.05) is 19.1 Å². The van der Waals surface area contributed by atoms with Crippen LogP contribution in [0.15, 0.2) is 35.5 Å². The standard InChI is InChI=1S/C29H39N3O5/c1-4-9-32-18(2)24(26(33)37-11-10-36-3)25(31-28(32)35)22-5-7-23(8-6-22)30-27(34)29-15-19-12-20(16-29)14-21(13-19)17-29/h5-8,19-21,25H,4,9-17H2,1-3H3,(H,30,34)(H,31,35)/t19?,20?,21?,25-,29?/m0/s1. The summed E-state index contributed by atoms with van der Waals surface area (Å²) in [5, 5.41) is 6.17. The zero-order valence-corrected chi connectivity index (χ0v) is 22.2. The molecular formula is C29H39N3O5. The van der Waals surface area contributed by atoms with Crippen LogP contribution in [0.4, 0.5) is 10.5 Å². The highest BCUT2D eigenvalue weighted by Gasteiger charge is 2.54. The SMILES string of the molecule is CCCN1C(=O)N[C@@H](c2ccc(NC(=O)C34CC5CC(CC(C5)C3)C4)cc2)C(C(=O)OCCOC)=C1C. The van der Waals surface area contributed by atoms with E-state index < -0.39 is 12.0 Å². The monoisotopic (exact) mass is 509 g/mol. The molecule has 0 radical (unpaired) electrons. The van der Waals surface area contributed by atoms with Gasteiger partial charge in [-0.3, -0.25) is 9.69 Å². The van der Waals surface area contributed by atoms with Crippen molar-refractivity contribution in [3.8, 4) is 0 Å². The summed E-state index contributed by atoms with van der Waals surface area (Å²) >= 11 is 0. The molecule has 1 heterocycles. The van der Waals surface area contributed by atoms with Crippen molar-refractivity contribution in [1.82, 2.24) is 10.2 Å². The molecule has 1 atom stereocenters. The highest BCUT2D eigenvalue weighted by Crippen LogP contribution is 2.60. The highest BCUT2D eigenvalue weighted by molar-refractivity contribution is 5.96. The first-order chi connectivity index (χ1) is 17.8. The maximum absolute atomic E-state index is 13.5. The van der Waals surface area contributed by atoms with E-state index in [4.69, 9.17) is 9.47 Å². The number of esters is 1. The molecule has 8 nitrogen and oxygen atoms in total. The number of benzene rings is 1. The molecule has 200 valence electrons. The lowest BCUT2D eigenvalue weighted by molar-refractivity contribution is -0.141. The van der Waals surface area contributed by atoms with Gasteiger partial charge in [0.1, 0.15) is 6.61 Å². The van der Waals surface area contributed by atoms with Crippen LogP contribution in [0.3, 0.4) is 0 Å². The molecule has 4 aliphatic carbocycles. The van der Waals surface area contributed by atoms with Gasteiger partial charge < -0.3 is 20.1 Å². The lowest BCUT2D eigenvalue weighted by atomic mass is 9.49. The van der Waals surface area contributed by atoms with Crippen molar-refractivity contribution in [3.05, 3.63) is 41.1 Å². The summed E-state index contributed by atoms with van der Waals surface area (Å²) in [4.78, 5) is 41.0. The van der Waals surface area contributed by atoms with E-state index in [2.05, 4.69) is 10.6 Å². The van der Waals surface area contributed by atoms with Crippen molar-refractivity contribution >= 4 is 23.6 Å². The molecule has 1 aromatic rings. The van der Waals surface area contributed by atoms with E-state index in [1.54, 1.807) is 18.9 Å². The number of carbonyl (C=O) groups excluding carboxylic acids is 3. The summed E-state index contributed by atoms with van der Waals surface area (Å²) < 4.78 is 10.5. The average Bonchev–Trinajstić information content (AvgIpc) is 2.86. The number of anilines is 1. The predicted octanol–water partition coefficient (Wildman–Crippen LogP) is 4.78. The number of allylic oxidation sites excluding steroid dienone is 1. The quantitative estimate of drug-likeness (QED) is 0.369. The molecule has 4 fully saturated rings. The molecule has 2 N–H and O–H groups in total. The lowest BCUT2D eigenvalue weighted by Crippen LogP contribution is -2.51. The Hall–Kier alpha value is -2.87. The smallest absolute Gasteiger partial charge is 0.338 e. The van der Waals surface area contributed by atoms with Gasteiger partial charge in [0.05, 0.1) is 23.6 Å². The Morgan fingerprint density at radius 2 is 1.68 bits per heavy atom. The summed E-state index contributed by atoms with van der Waals surface area (Å²) in [6, 6.07) is 6.58. The molecule has 0 unspecified atom stereocenters. The minimum absolute atomic E-state index is 0.135. The molecule has 5 aliphatic rings. The summed E-state index contributed by atoms with van der Waals surface area (Å²) in [6.45, 7) is 4.71. The third-order valence-corrected chi connectivity index (χ3v) is 8.81. The van der Waals surface area contributed by atoms with Gasteiger partial charge in [-0.05, 0) is 87.3 Å². The number of amides is 3. The lowest BCUT2D eigenvalue weighted by Gasteiger charge is -2.55. The predicted molar refractivity (Wildman–Crippen MR) is 139 cm³/mol. The van der Waals surface area contributed by atoms with E-state index in [1.807, 2.05) is 31.2 Å². The van der Waals surface area contributed by atoms with Crippen LogP contribution in [0, 0.1) is 23.2 Å². The first kappa shape index (κ1) is 25.8. The van der Waals surface area contributed by atoms with E-state index >= 15 is 0 Å². The first-order valence-electron chi connectivity index (χ1n) is 13.7. The number of rotatable bonds is 9. The van der Waals surface area contributed by atoms with Crippen molar-refractivity contribution in [2.24, 2.45) is 23.2 Å². The number of ether oxygens (including phenoxy) is 2. The van der Waals surface area contributed by atoms with E-state index in [9.17, 15) is 14.4 Å². The number of nitrogens with zero attached hydrogens (tertiary/aromatic N) is 1. The van der Waals surface area contributed by atoms with Gasteiger partial charge in [0, 0.05) is 25.0 Å². The Balaban J connectivity index is 1.34. The average molecular weight is 510 g/mol. The number of urea groups is 1. The van der Waals surface area contributed by atoms with Crippen molar-refractivity contribution in [2.75, 3.05) is 32.2 Å². The number of methoxy groups -OCH3 is 1. The molecule has 0 spiro atoms. The molecule has 3 amide bonds. The Labute approximate surface area is 219 Å². The third-order valence-electron chi connectivity index (χ3n) is 8.81. The van der Waals surface area contributed by atoms with Crippen molar-refractivity contribution in [2.45, 2.75) is 64.8 Å².